The Hall–Kier alpha value is -1.80. The Bertz CT molecular complexity index is 771. The summed E-state index contributed by atoms with van der Waals surface area (Å²) in [5.74, 6) is 0.547. The van der Waals surface area contributed by atoms with Gasteiger partial charge in [0.2, 0.25) is 5.44 Å². The molecule has 1 aliphatic rings. The van der Waals surface area contributed by atoms with Crippen LogP contribution in [0.5, 0.6) is 5.75 Å². The fourth-order valence-corrected chi connectivity index (χ4v) is 4.13. The van der Waals surface area contributed by atoms with Crippen LogP contribution < -0.4 is 20.1 Å². The number of sulfonamides is 1. The van der Waals surface area contributed by atoms with Crippen molar-refractivity contribution in [3.05, 3.63) is 54.6 Å². The topological polar surface area (TPSA) is 84.7 Å². The number of fused-ring (bicyclic) bond motifs is 1. The maximum atomic E-state index is 13.0. The minimum absolute atomic E-state index is 0. The highest BCUT2D eigenvalue weighted by Crippen LogP contribution is 2.41. The molecule has 1 atom stereocenters. The van der Waals surface area contributed by atoms with Gasteiger partial charge in [0.25, 0.3) is 10.0 Å². The number of hydrogen-bond donors (Lipinski definition) is 2. The van der Waals surface area contributed by atoms with Gasteiger partial charge in [0, 0.05) is 19.6 Å². The Labute approximate surface area is 148 Å². The molecule has 2 aromatic carbocycles. The second-order valence-electron chi connectivity index (χ2n) is 5.15. The average molecular weight is 370 g/mol. The lowest BCUT2D eigenvalue weighted by Gasteiger charge is -2.35. The average Bonchev–Trinajstić information content (AvgIpc) is 2.56. The second kappa shape index (κ2) is 7.85. The van der Waals surface area contributed by atoms with Crippen molar-refractivity contribution in [3.8, 4) is 5.75 Å². The first-order valence-corrected chi connectivity index (χ1v) is 8.90. The largest absolute Gasteiger partial charge is 0.469 e. The zero-order valence-corrected chi connectivity index (χ0v) is 14.6. The van der Waals surface area contributed by atoms with Gasteiger partial charge >= 0.3 is 0 Å². The summed E-state index contributed by atoms with van der Waals surface area (Å²) in [4.78, 5) is 0. The highest BCUT2D eigenvalue weighted by atomic mass is 35.5. The highest BCUT2D eigenvalue weighted by molar-refractivity contribution is 7.93. The number of nitrogens with one attached hydrogen (secondary N) is 1. The Balaban J connectivity index is 0.00000208. The molecule has 3 rings (SSSR count). The molecule has 0 amide bonds. The standard InChI is InChI=1S/C16H19N3O3S.ClH/c17-10-11-18-12-16-22-15-9-5-4-8-14(15)19(23(16,20)21)13-6-2-1-3-7-13;/h1-9,16,18H,10-12,17H2;1H. The summed E-state index contributed by atoms with van der Waals surface area (Å²) in [6.07, 6.45) is 0. The van der Waals surface area contributed by atoms with Crippen molar-refractivity contribution in [3.63, 3.8) is 0 Å². The number of para-hydroxylation sites is 3. The third-order valence-electron chi connectivity index (χ3n) is 3.55. The van der Waals surface area contributed by atoms with Gasteiger partial charge in [-0.15, -0.1) is 12.4 Å². The van der Waals surface area contributed by atoms with Crippen LogP contribution in [0.2, 0.25) is 0 Å². The zero-order chi connectivity index (χ0) is 16.3. The number of rotatable bonds is 5. The number of hydrogen-bond acceptors (Lipinski definition) is 5. The SMILES string of the molecule is Cl.NCCNCC1Oc2ccccc2N(c2ccccc2)S1(=O)=O. The minimum atomic E-state index is -3.70. The van der Waals surface area contributed by atoms with Crippen LogP contribution in [0.25, 0.3) is 0 Å². The lowest BCUT2D eigenvalue weighted by Crippen LogP contribution is -2.48. The number of halogens is 1. The Morgan fingerprint density at radius 3 is 2.46 bits per heavy atom. The molecule has 2 aromatic rings. The summed E-state index contributed by atoms with van der Waals surface area (Å²) in [6, 6.07) is 16.1. The molecule has 0 spiro atoms. The van der Waals surface area contributed by atoms with Crippen LogP contribution >= 0.6 is 12.4 Å². The van der Waals surface area contributed by atoms with Crippen molar-refractivity contribution in [2.45, 2.75) is 5.44 Å². The number of benzene rings is 2. The van der Waals surface area contributed by atoms with E-state index in [2.05, 4.69) is 5.32 Å². The van der Waals surface area contributed by atoms with E-state index in [4.69, 9.17) is 10.5 Å². The van der Waals surface area contributed by atoms with E-state index in [0.29, 0.717) is 30.2 Å². The zero-order valence-electron chi connectivity index (χ0n) is 13.0. The summed E-state index contributed by atoms with van der Waals surface area (Å²) < 4.78 is 33.1. The van der Waals surface area contributed by atoms with Crippen LogP contribution in [0.4, 0.5) is 11.4 Å². The van der Waals surface area contributed by atoms with Gasteiger partial charge in [-0.25, -0.2) is 12.7 Å². The predicted octanol–water partition coefficient (Wildman–Crippen LogP) is 1.84. The van der Waals surface area contributed by atoms with E-state index in [1.165, 1.54) is 4.31 Å². The van der Waals surface area contributed by atoms with Crippen LogP contribution in [0, 0.1) is 0 Å². The normalized spacial score (nSPS) is 18.2. The van der Waals surface area contributed by atoms with Crippen LogP contribution in [0.1, 0.15) is 0 Å². The van der Waals surface area contributed by atoms with Crippen LogP contribution in [0.15, 0.2) is 54.6 Å². The van der Waals surface area contributed by atoms with Gasteiger partial charge in [-0.05, 0) is 24.3 Å². The summed E-state index contributed by atoms with van der Waals surface area (Å²) in [6.45, 7) is 1.14. The van der Waals surface area contributed by atoms with Gasteiger partial charge in [0.15, 0.2) is 0 Å². The van der Waals surface area contributed by atoms with Crippen molar-refractivity contribution in [1.29, 1.82) is 0 Å². The van der Waals surface area contributed by atoms with E-state index >= 15 is 0 Å². The molecule has 0 aliphatic carbocycles. The highest BCUT2D eigenvalue weighted by Gasteiger charge is 2.40. The van der Waals surface area contributed by atoms with Gasteiger partial charge in [-0.1, -0.05) is 30.3 Å². The third kappa shape index (κ3) is 3.49. The van der Waals surface area contributed by atoms with E-state index in [9.17, 15) is 8.42 Å². The molecule has 1 aliphatic heterocycles. The van der Waals surface area contributed by atoms with Crippen LogP contribution in [0.3, 0.4) is 0 Å². The third-order valence-corrected chi connectivity index (χ3v) is 5.40. The number of ether oxygens (including phenoxy) is 1. The predicted molar refractivity (Wildman–Crippen MR) is 97.5 cm³/mol. The van der Waals surface area contributed by atoms with E-state index in [0.717, 1.165) is 0 Å². The first-order valence-electron chi connectivity index (χ1n) is 7.40. The molecule has 8 heteroatoms. The van der Waals surface area contributed by atoms with Gasteiger partial charge in [0.1, 0.15) is 5.75 Å². The van der Waals surface area contributed by atoms with Gasteiger partial charge in [0.05, 0.1) is 11.4 Å². The first-order chi connectivity index (χ1) is 11.1. The van der Waals surface area contributed by atoms with Crippen molar-refractivity contribution in [2.24, 2.45) is 5.73 Å². The first kappa shape index (κ1) is 18.5. The molecule has 3 N–H and O–H groups in total. The number of anilines is 2. The fourth-order valence-electron chi connectivity index (χ4n) is 2.50. The van der Waals surface area contributed by atoms with Gasteiger partial charge in [-0.3, -0.25) is 0 Å². The summed E-state index contributed by atoms with van der Waals surface area (Å²) in [5, 5.41) is 3.01. The maximum Gasteiger partial charge on any atom is 0.279 e. The molecule has 0 aromatic heterocycles. The summed E-state index contributed by atoms with van der Waals surface area (Å²) >= 11 is 0. The molecule has 6 nitrogen and oxygen atoms in total. The Morgan fingerprint density at radius 2 is 1.75 bits per heavy atom. The van der Waals surface area contributed by atoms with Gasteiger partial charge in [-0.2, -0.15) is 0 Å². The van der Waals surface area contributed by atoms with Crippen molar-refractivity contribution >= 4 is 33.8 Å². The molecular weight excluding hydrogens is 350 g/mol. The van der Waals surface area contributed by atoms with E-state index in [1.54, 1.807) is 30.3 Å². The number of nitrogens with two attached hydrogens (primary N) is 1. The van der Waals surface area contributed by atoms with Crippen molar-refractivity contribution in [2.75, 3.05) is 23.9 Å². The smallest absolute Gasteiger partial charge is 0.279 e. The Morgan fingerprint density at radius 1 is 1.08 bits per heavy atom. The molecule has 0 saturated heterocycles. The monoisotopic (exact) mass is 369 g/mol. The van der Waals surface area contributed by atoms with E-state index in [1.807, 2.05) is 24.3 Å². The van der Waals surface area contributed by atoms with E-state index < -0.39 is 15.5 Å². The van der Waals surface area contributed by atoms with Crippen LogP contribution in [-0.4, -0.2) is 33.5 Å². The molecule has 0 saturated carbocycles. The van der Waals surface area contributed by atoms with Crippen molar-refractivity contribution < 1.29 is 13.2 Å². The van der Waals surface area contributed by atoms with Crippen LogP contribution in [-0.2, 0) is 10.0 Å². The molecular formula is C16H20ClN3O3S. The summed E-state index contributed by atoms with van der Waals surface area (Å²) in [5.41, 5.74) is 5.56. The van der Waals surface area contributed by atoms with Crippen molar-refractivity contribution in [1.82, 2.24) is 5.32 Å². The maximum absolute atomic E-state index is 13.0. The van der Waals surface area contributed by atoms with Gasteiger partial charge < -0.3 is 15.8 Å². The molecule has 0 radical (unpaired) electrons. The molecule has 0 bridgehead atoms. The van der Waals surface area contributed by atoms with E-state index in [-0.39, 0.29) is 19.0 Å². The molecule has 1 unspecified atom stereocenters. The second-order valence-corrected chi connectivity index (χ2v) is 7.07. The lowest BCUT2D eigenvalue weighted by atomic mass is 10.2. The molecule has 24 heavy (non-hydrogen) atoms. The fraction of sp³-hybridized carbons (Fsp3) is 0.250. The quantitative estimate of drug-likeness (QED) is 0.785. The molecule has 0 fully saturated rings. The molecule has 1 heterocycles. The molecule has 130 valence electrons. The summed E-state index contributed by atoms with van der Waals surface area (Å²) in [7, 11) is -3.70. The minimum Gasteiger partial charge on any atom is -0.469 e. The number of nitrogens with zero attached hydrogens (tertiary/aromatic N) is 1. The Kier molecular flexibility index (Phi) is 6.06. The lowest BCUT2D eigenvalue weighted by molar-refractivity contribution is 0.263.